The van der Waals surface area contributed by atoms with Crippen LogP contribution in [-0.2, 0) is 15.1 Å². The van der Waals surface area contributed by atoms with Gasteiger partial charge in [-0.25, -0.2) is 4.79 Å². The zero-order valence-corrected chi connectivity index (χ0v) is 22.7. The molecule has 2 aromatic carbocycles. The van der Waals surface area contributed by atoms with E-state index in [4.69, 9.17) is 20.5 Å². The van der Waals surface area contributed by atoms with Gasteiger partial charge in [-0.15, -0.1) is 0 Å². The van der Waals surface area contributed by atoms with Crippen molar-refractivity contribution in [3.8, 4) is 11.8 Å². The Kier molecular flexibility index (Phi) is 9.41. The molecule has 0 aromatic heterocycles. The minimum Gasteiger partial charge on any atom is -0.492 e. The van der Waals surface area contributed by atoms with Crippen LogP contribution in [0.3, 0.4) is 0 Å². The number of hydrogen-bond donors (Lipinski definition) is 2. The van der Waals surface area contributed by atoms with Crippen LogP contribution >= 0.6 is 0 Å². The van der Waals surface area contributed by atoms with Crippen LogP contribution in [0, 0.1) is 11.3 Å². The number of benzene rings is 2. The monoisotopic (exact) mass is 534 g/mol. The molecule has 0 radical (unpaired) electrons. The summed E-state index contributed by atoms with van der Waals surface area (Å²) in [6.07, 6.45) is 0.0170. The Morgan fingerprint density at radius 3 is 2.31 bits per heavy atom. The molecule has 0 aliphatic carbocycles. The number of rotatable bonds is 11. The molecule has 39 heavy (non-hydrogen) atoms. The zero-order valence-electron chi connectivity index (χ0n) is 22.7. The number of ether oxygens (including phenoxy) is 2. The fourth-order valence-electron chi connectivity index (χ4n) is 5.18. The molecule has 10 nitrogen and oxygen atoms in total. The number of nitrogens with two attached hydrogens (primary N) is 1. The summed E-state index contributed by atoms with van der Waals surface area (Å²) in [4.78, 5) is 30.9. The number of nitrogens with zero attached hydrogens (tertiary/aromatic N) is 4. The predicted octanol–water partition coefficient (Wildman–Crippen LogP) is 1.75. The maximum atomic E-state index is 12.9. The highest BCUT2D eigenvalue weighted by Crippen LogP contribution is 2.21. The van der Waals surface area contributed by atoms with Crippen molar-refractivity contribution >= 4 is 11.9 Å². The first kappa shape index (κ1) is 28.4. The number of nitrogens with one attached hydrogen (secondary N) is 1. The third kappa shape index (κ3) is 8.17. The van der Waals surface area contributed by atoms with E-state index in [1.807, 2.05) is 44.2 Å². The van der Waals surface area contributed by atoms with Crippen LogP contribution in [0.1, 0.15) is 25.0 Å². The van der Waals surface area contributed by atoms with E-state index in [-0.39, 0.29) is 18.1 Å². The summed E-state index contributed by atoms with van der Waals surface area (Å²) in [6, 6.07) is 18.4. The molecule has 3 N–H and O–H groups in total. The smallest absolute Gasteiger partial charge is 0.314 e. The maximum absolute atomic E-state index is 12.9. The third-order valence-corrected chi connectivity index (χ3v) is 7.16. The van der Waals surface area contributed by atoms with E-state index in [1.165, 1.54) is 0 Å². The Morgan fingerprint density at radius 2 is 1.69 bits per heavy atom. The van der Waals surface area contributed by atoms with Gasteiger partial charge in [0.1, 0.15) is 12.4 Å². The second kappa shape index (κ2) is 12.9. The highest BCUT2D eigenvalue weighted by Gasteiger charge is 2.36. The fourth-order valence-corrected chi connectivity index (χ4v) is 5.18. The molecule has 2 aliphatic heterocycles. The lowest BCUT2D eigenvalue weighted by Gasteiger charge is -2.46. The summed E-state index contributed by atoms with van der Waals surface area (Å²) in [5, 5.41) is 12.1. The van der Waals surface area contributed by atoms with Crippen LogP contribution in [0.25, 0.3) is 0 Å². The topological polar surface area (TPSA) is 124 Å². The van der Waals surface area contributed by atoms with Crippen molar-refractivity contribution in [1.29, 1.82) is 5.26 Å². The molecule has 208 valence electrons. The summed E-state index contributed by atoms with van der Waals surface area (Å²) in [6.45, 7) is 9.05. The maximum Gasteiger partial charge on any atom is 0.314 e. The van der Waals surface area contributed by atoms with Crippen molar-refractivity contribution in [3.05, 3.63) is 65.7 Å². The van der Waals surface area contributed by atoms with E-state index in [1.54, 1.807) is 29.2 Å². The van der Waals surface area contributed by atoms with Gasteiger partial charge in [0.2, 0.25) is 5.91 Å². The number of urea groups is 1. The molecule has 2 aromatic rings. The molecule has 2 fully saturated rings. The van der Waals surface area contributed by atoms with E-state index >= 15 is 0 Å². The second-order valence-electron chi connectivity index (χ2n) is 10.7. The predicted molar refractivity (Wildman–Crippen MR) is 147 cm³/mol. The van der Waals surface area contributed by atoms with Gasteiger partial charge in [0.15, 0.2) is 0 Å². The van der Waals surface area contributed by atoms with Gasteiger partial charge in [-0.3, -0.25) is 14.6 Å². The number of amides is 3. The Hall–Kier alpha value is -3.65. The Labute approximate surface area is 230 Å². The van der Waals surface area contributed by atoms with Crippen LogP contribution in [0.5, 0.6) is 5.75 Å². The fraction of sp³-hybridized carbons (Fsp3) is 0.483. The first-order chi connectivity index (χ1) is 18.7. The molecule has 2 unspecified atom stereocenters. The molecule has 0 saturated carbocycles. The van der Waals surface area contributed by atoms with Crippen LogP contribution < -0.4 is 15.8 Å². The summed E-state index contributed by atoms with van der Waals surface area (Å²) < 4.78 is 11.9. The largest absolute Gasteiger partial charge is 0.492 e. The molecule has 0 spiro atoms. The third-order valence-electron chi connectivity index (χ3n) is 7.16. The van der Waals surface area contributed by atoms with Gasteiger partial charge in [-0.1, -0.05) is 30.3 Å². The average molecular weight is 535 g/mol. The van der Waals surface area contributed by atoms with Crippen LogP contribution in [0.2, 0.25) is 0 Å². The van der Waals surface area contributed by atoms with Crippen LogP contribution in [0.4, 0.5) is 4.79 Å². The minimum absolute atomic E-state index is 0.000934. The SMILES string of the molecule is CC(C)(NC(=O)CN1CC2CN(CCN(CCOc3ccc(C#N)cc3)C(N)=O)CC(C1)O2)c1ccccc1. The normalized spacial score (nSPS) is 19.6. The van der Waals surface area contributed by atoms with Crippen molar-refractivity contribution < 1.29 is 19.1 Å². The molecule has 4 rings (SSSR count). The van der Waals surface area contributed by atoms with E-state index < -0.39 is 11.6 Å². The van der Waals surface area contributed by atoms with Gasteiger partial charge < -0.3 is 25.4 Å². The highest BCUT2D eigenvalue weighted by molar-refractivity contribution is 5.79. The summed E-state index contributed by atoms with van der Waals surface area (Å²) >= 11 is 0. The van der Waals surface area contributed by atoms with Gasteiger partial charge in [0.25, 0.3) is 0 Å². The lowest BCUT2D eigenvalue weighted by molar-refractivity contribution is -0.145. The molecule has 2 heterocycles. The number of carbonyl (C=O) groups is 2. The van der Waals surface area contributed by atoms with E-state index in [9.17, 15) is 9.59 Å². The zero-order chi connectivity index (χ0) is 27.8. The molecular weight excluding hydrogens is 496 g/mol. The number of fused-ring (bicyclic) bond motifs is 2. The van der Waals surface area contributed by atoms with Gasteiger partial charge in [-0.2, -0.15) is 5.26 Å². The van der Waals surface area contributed by atoms with Crippen LogP contribution in [0.15, 0.2) is 54.6 Å². The molecule has 2 aliphatic rings. The van der Waals surface area contributed by atoms with Crippen molar-refractivity contribution in [2.75, 3.05) is 59.0 Å². The van der Waals surface area contributed by atoms with Gasteiger partial charge in [0, 0.05) is 39.3 Å². The van der Waals surface area contributed by atoms with E-state index in [2.05, 4.69) is 21.2 Å². The van der Waals surface area contributed by atoms with Gasteiger partial charge in [0.05, 0.1) is 42.5 Å². The average Bonchev–Trinajstić information content (AvgIpc) is 2.90. The number of hydrogen-bond acceptors (Lipinski definition) is 7. The van der Waals surface area contributed by atoms with Crippen molar-refractivity contribution in [3.63, 3.8) is 0 Å². The van der Waals surface area contributed by atoms with Crippen molar-refractivity contribution in [1.82, 2.24) is 20.0 Å². The standard InChI is InChI=1S/C29H38N6O4/c1-29(2,23-6-4-3-5-7-23)32-27(36)21-34-19-25-17-33(18-26(20-34)39-25)12-13-35(28(31)37)14-15-38-24-10-8-22(16-30)9-11-24/h3-11,25-26H,12-15,17-21H2,1-2H3,(H2,31,37)(H,32,36). The number of primary amides is 1. The molecule has 2 atom stereocenters. The number of morpholine rings is 2. The van der Waals surface area contributed by atoms with Gasteiger partial charge >= 0.3 is 6.03 Å². The molecular formula is C29H38N6O4. The van der Waals surface area contributed by atoms with E-state index in [0.29, 0.717) is 57.2 Å². The first-order valence-electron chi connectivity index (χ1n) is 13.4. The first-order valence-corrected chi connectivity index (χ1v) is 13.4. The molecule has 10 heteroatoms. The van der Waals surface area contributed by atoms with E-state index in [0.717, 1.165) is 18.7 Å². The van der Waals surface area contributed by atoms with Gasteiger partial charge in [-0.05, 0) is 43.7 Å². The second-order valence-corrected chi connectivity index (χ2v) is 10.7. The van der Waals surface area contributed by atoms with Crippen LogP contribution in [-0.4, -0.2) is 97.8 Å². The lowest BCUT2D eigenvalue weighted by Crippen LogP contribution is -2.61. The lowest BCUT2D eigenvalue weighted by atomic mass is 9.94. The number of carbonyl (C=O) groups excluding carboxylic acids is 2. The summed E-state index contributed by atoms with van der Waals surface area (Å²) in [7, 11) is 0. The Morgan fingerprint density at radius 1 is 1.05 bits per heavy atom. The Balaban J connectivity index is 1.20. The minimum atomic E-state index is -0.484. The molecule has 3 amide bonds. The quantitative estimate of drug-likeness (QED) is 0.450. The van der Waals surface area contributed by atoms with Crippen molar-refractivity contribution in [2.24, 2.45) is 5.73 Å². The Bertz CT molecular complexity index is 1140. The molecule has 2 bridgehead atoms. The number of nitriles is 1. The molecule has 2 saturated heterocycles. The summed E-state index contributed by atoms with van der Waals surface area (Å²) in [5.74, 6) is 0.641. The summed E-state index contributed by atoms with van der Waals surface area (Å²) in [5.41, 5.74) is 6.80. The van der Waals surface area contributed by atoms with Crippen molar-refractivity contribution in [2.45, 2.75) is 31.6 Å². The highest BCUT2D eigenvalue weighted by atomic mass is 16.5.